The standard InChI is InChI=1S/C12H16O/c1-9(2)12(3,4)10-7-5-6-8-11(10)13/h5-8,13H,1H2,2-4H3. The number of hydrogen-bond acceptors (Lipinski definition) is 1. The van der Waals surface area contributed by atoms with E-state index in [0.29, 0.717) is 5.75 Å². The van der Waals surface area contributed by atoms with Crippen molar-refractivity contribution in [3.63, 3.8) is 0 Å². The molecule has 1 rings (SSSR count). The van der Waals surface area contributed by atoms with E-state index in [1.807, 2.05) is 25.1 Å². The average Bonchev–Trinajstić information content (AvgIpc) is 2.04. The fraction of sp³-hybridized carbons (Fsp3) is 0.333. The highest BCUT2D eigenvalue weighted by atomic mass is 16.3. The molecule has 13 heavy (non-hydrogen) atoms. The first-order valence-corrected chi connectivity index (χ1v) is 4.40. The molecule has 0 heterocycles. The molecule has 0 radical (unpaired) electrons. The van der Waals surface area contributed by atoms with Crippen LogP contribution in [-0.2, 0) is 5.41 Å². The highest BCUT2D eigenvalue weighted by Crippen LogP contribution is 2.35. The van der Waals surface area contributed by atoms with Gasteiger partial charge < -0.3 is 5.11 Å². The second-order valence-electron chi connectivity index (χ2n) is 3.92. The molecule has 0 aliphatic heterocycles. The van der Waals surface area contributed by atoms with Gasteiger partial charge in [0.15, 0.2) is 0 Å². The molecule has 70 valence electrons. The van der Waals surface area contributed by atoms with E-state index in [2.05, 4.69) is 20.4 Å². The molecular formula is C12H16O. The lowest BCUT2D eigenvalue weighted by Gasteiger charge is -2.26. The number of para-hydroxylation sites is 1. The molecule has 0 aliphatic carbocycles. The van der Waals surface area contributed by atoms with Gasteiger partial charge in [-0.25, -0.2) is 0 Å². The fourth-order valence-corrected chi connectivity index (χ4v) is 1.23. The van der Waals surface area contributed by atoms with Crippen molar-refractivity contribution < 1.29 is 5.11 Å². The first-order chi connectivity index (χ1) is 5.96. The molecule has 0 spiro atoms. The van der Waals surface area contributed by atoms with Crippen molar-refractivity contribution in [2.45, 2.75) is 26.2 Å². The summed E-state index contributed by atoms with van der Waals surface area (Å²) in [5.41, 5.74) is 1.82. The van der Waals surface area contributed by atoms with Gasteiger partial charge in [-0.1, -0.05) is 44.2 Å². The Balaban J connectivity index is 3.22. The summed E-state index contributed by atoms with van der Waals surface area (Å²) in [6.45, 7) is 10.0. The molecule has 1 nitrogen and oxygen atoms in total. The maximum atomic E-state index is 9.65. The van der Waals surface area contributed by atoms with Gasteiger partial charge in [0.2, 0.25) is 0 Å². The fourth-order valence-electron chi connectivity index (χ4n) is 1.23. The van der Waals surface area contributed by atoms with Crippen LogP contribution in [0.2, 0.25) is 0 Å². The molecule has 0 fully saturated rings. The lowest BCUT2D eigenvalue weighted by molar-refractivity contribution is 0.452. The van der Waals surface area contributed by atoms with Crippen LogP contribution in [0, 0.1) is 0 Å². The Morgan fingerprint density at radius 1 is 1.31 bits per heavy atom. The number of aromatic hydroxyl groups is 1. The van der Waals surface area contributed by atoms with Crippen molar-refractivity contribution in [2.24, 2.45) is 0 Å². The van der Waals surface area contributed by atoms with E-state index in [1.54, 1.807) is 6.07 Å². The van der Waals surface area contributed by atoms with Gasteiger partial charge in [0, 0.05) is 11.0 Å². The highest BCUT2D eigenvalue weighted by molar-refractivity contribution is 5.42. The molecule has 0 unspecified atom stereocenters. The Morgan fingerprint density at radius 3 is 2.31 bits per heavy atom. The largest absolute Gasteiger partial charge is 0.508 e. The van der Waals surface area contributed by atoms with E-state index in [0.717, 1.165) is 11.1 Å². The molecule has 0 saturated carbocycles. The van der Waals surface area contributed by atoms with Crippen molar-refractivity contribution in [1.82, 2.24) is 0 Å². The zero-order valence-corrected chi connectivity index (χ0v) is 8.46. The van der Waals surface area contributed by atoms with E-state index in [4.69, 9.17) is 0 Å². The number of hydrogen-bond donors (Lipinski definition) is 1. The van der Waals surface area contributed by atoms with Gasteiger partial charge in [-0.05, 0) is 13.0 Å². The minimum Gasteiger partial charge on any atom is -0.508 e. The third-order valence-corrected chi connectivity index (χ3v) is 2.64. The Kier molecular flexibility index (Phi) is 2.46. The topological polar surface area (TPSA) is 20.2 Å². The molecule has 1 aromatic carbocycles. The van der Waals surface area contributed by atoms with Gasteiger partial charge >= 0.3 is 0 Å². The average molecular weight is 176 g/mol. The summed E-state index contributed by atoms with van der Waals surface area (Å²) in [7, 11) is 0. The van der Waals surface area contributed by atoms with Crippen molar-refractivity contribution in [2.75, 3.05) is 0 Å². The van der Waals surface area contributed by atoms with Crippen molar-refractivity contribution in [1.29, 1.82) is 0 Å². The predicted octanol–water partition coefficient (Wildman–Crippen LogP) is 3.25. The van der Waals surface area contributed by atoms with E-state index in [-0.39, 0.29) is 5.41 Å². The molecule has 1 N–H and O–H groups in total. The highest BCUT2D eigenvalue weighted by Gasteiger charge is 2.23. The van der Waals surface area contributed by atoms with Crippen molar-refractivity contribution in [3.05, 3.63) is 42.0 Å². The summed E-state index contributed by atoms with van der Waals surface area (Å²) >= 11 is 0. The quantitative estimate of drug-likeness (QED) is 0.686. The second-order valence-corrected chi connectivity index (χ2v) is 3.92. The summed E-state index contributed by atoms with van der Waals surface area (Å²) in [4.78, 5) is 0. The van der Waals surface area contributed by atoms with E-state index >= 15 is 0 Å². The number of allylic oxidation sites excluding steroid dienone is 1. The van der Waals surface area contributed by atoms with Gasteiger partial charge in [0.05, 0.1) is 0 Å². The Bertz CT molecular complexity index is 324. The molecule has 0 saturated heterocycles. The minimum atomic E-state index is -0.161. The van der Waals surface area contributed by atoms with Crippen LogP contribution in [0.5, 0.6) is 5.75 Å². The lowest BCUT2D eigenvalue weighted by Crippen LogP contribution is -2.17. The minimum absolute atomic E-state index is 0.161. The van der Waals surface area contributed by atoms with Crippen LogP contribution in [0.4, 0.5) is 0 Å². The summed E-state index contributed by atoms with van der Waals surface area (Å²) < 4.78 is 0. The molecule has 0 aliphatic rings. The predicted molar refractivity (Wildman–Crippen MR) is 55.9 cm³/mol. The first-order valence-electron chi connectivity index (χ1n) is 4.40. The van der Waals surface area contributed by atoms with E-state index < -0.39 is 0 Å². The van der Waals surface area contributed by atoms with Gasteiger partial charge in [-0.15, -0.1) is 0 Å². The third kappa shape index (κ3) is 1.74. The van der Waals surface area contributed by atoms with Gasteiger partial charge in [0.25, 0.3) is 0 Å². The summed E-state index contributed by atoms with van der Waals surface area (Å²) in [6.07, 6.45) is 0. The van der Waals surface area contributed by atoms with Gasteiger partial charge in [-0.3, -0.25) is 0 Å². The number of phenolic OH excluding ortho intramolecular Hbond substituents is 1. The number of rotatable bonds is 2. The van der Waals surface area contributed by atoms with Crippen LogP contribution in [-0.4, -0.2) is 5.11 Å². The molecule has 1 aromatic rings. The molecule has 0 bridgehead atoms. The van der Waals surface area contributed by atoms with Crippen molar-refractivity contribution in [3.8, 4) is 5.75 Å². The van der Waals surface area contributed by atoms with E-state index in [1.165, 1.54) is 0 Å². The van der Waals surface area contributed by atoms with Crippen LogP contribution in [0.3, 0.4) is 0 Å². The number of phenols is 1. The third-order valence-electron chi connectivity index (χ3n) is 2.64. The lowest BCUT2D eigenvalue weighted by atomic mass is 9.79. The SMILES string of the molecule is C=C(C)C(C)(C)c1ccccc1O. The molecule has 0 atom stereocenters. The van der Waals surface area contributed by atoms with Crippen molar-refractivity contribution >= 4 is 0 Å². The van der Waals surface area contributed by atoms with Gasteiger partial charge in [-0.2, -0.15) is 0 Å². The zero-order valence-electron chi connectivity index (χ0n) is 8.46. The number of benzene rings is 1. The van der Waals surface area contributed by atoms with Crippen LogP contribution in [0.25, 0.3) is 0 Å². The zero-order chi connectivity index (χ0) is 10.1. The monoisotopic (exact) mass is 176 g/mol. The molecule has 0 aromatic heterocycles. The maximum Gasteiger partial charge on any atom is 0.119 e. The first kappa shape index (κ1) is 9.85. The van der Waals surface area contributed by atoms with E-state index in [9.17, 15) is 5.11 Å². The summed E-state index contributed by atoms with van der Waals surface area (Å²) in [5.74, 6) is 0.343. The summed E-state index contributed by atoms with van der Waals surface area (Å²) in [5, 5.41) is 9.65. The van der Waals surface area contributed by atoms with Crippen LogP contribution >= 0.6 is 0 Å². The maximum absolute atomic E-state index is 9.65. The van der Waals surface area contributed by atoms with Gasteiger partial charge in [0.1, 0.15) is 5.75 Å². The smallest absolute Gasteiger partial charge is 0.119 e. The Labute approximate surface area is 79.7 Å². The molecule has 0 amide bonds. The van der Waals surface area contributed by atoms with Crippen LogP contribution in [0.15, 0.2) is 36.4 Å². The Morgan fingerprint density at radius 2 is 1.85 bits per heavy atom. The normalized spacial score (nSPS) is 11.3. The van der Waals surface area contributed by atoms with Crippen LogP contribution < -0.4 is 0 Å². The van der Waals surface area contributed by atoms with Crippen LogP contribution in [0.1, 0.15) is 26.3 Å². The Hall–Kier alpha value is -1.24. The second kappa shape index (κ2) is 3.25. The molecular weight excluding hydrogens is 160 g/mol. The molecule has 1 heteroatoms. The summed E-state index contributed by atoms with van der Waals surface area (Å²) in [6, 6.07) is 7.40.